The van der Waals surface area contributed by atoms with Crippen molar-refractivity contribution in [3.63, 3.8) is 0 Å². The van der Waals surface area contributed by atoms with E-state index in [1.54, 1.807) is 13.1 Å². The number of nitrogen functional groups attached to an aromatic ring is 1. The van der Waals surface area contributed by atoms with Gasteiger partial charge in [-0.05, 0) is 13.8 Å². The van der Waals surface area contributed by atoms with Crippen LogP contribution in [-0.4, -0.2) is 29.1 Å². The molecular formula is C9H15N5O2. The van der Waals surface area contributed by atoms with E-state index in [9.17, 15) is 4.79 Å². The molecule has 0 aliphatic rings. The number of carbonyl (C=O) groups excluding carboxylic acids is 1. The maximum absolute atomic E-state index is 11.2. The third kappa shape index (κ3) is 2.80. The maximum atomic E-state index is 11.2. The Balaban J connectivity index is 2.83. The van der Waals surface area contributed by atoms with Gasteiger partial charge in [-0.3, -0.25) is 5.43 Å². The van der Waals surface area contributed by atoms with Crippen LogP contribution in [0.4, 0.5) is 11.8 Å². The summed E-state index contributed by atoms with van der Waals surface area (Å²) in [7, 11) is 1.33. The zero-order valence-corrected chi connectivity index (χ0v) is 9.44. The Morgan fingerprint density at radius 1 is 1.62 bits per heavy atom. The summed E-state index contributed by atoms with van der Waals surface area (Å²) in [5, 5.41) is 2.91. The number of esters is 1. The number of hydrogen-bond donors (Lipinski definition) is 3. The van der Waals surface area contributed by atoms with Gasteiger partial charge in [0.1, 0.15) is 11.9 Å². The molecule has 1 aromatic rings. The second-order valence-electron chi connectivity index (χ2n) is 3.26. The van der Waals surface area contributed by atoms with Gasteiger partial charge in [-0.25, -0.2) is 15.6 Å². The van der Waals surface area contributed by atoms with Gasteiger partial charge < -0.3 is 10.1 Å². The van der Waals surface area contributed by atoms with E-state index >= 15 is 0 Å². The highest BCUT2D eigenvalue weighted by atomic mass is 16.5. The Labute approximate surface area is 93.4 Å². The summed E-state index contributed by atoms with van der Waals surface area (Å²) in [4.78, 5) is 19.2. The standard InChI is InChI=1S/C9H15N5O2/c1-5-4-11-9(14-10)13-7(5)12-6(2)8(15)16-3/h4,6H,10H2,1-3H3,(H2,11,12,13,14). The second kappa shape index (κ2) is 5.26. The van der Waals surface area contributed by atoms with Crippen molar-refractivity contribution in [3.05, 3.63) is 11.8 Å². The molecule has 0 saturated carbocycles. The molecule has 0 saturated heterocycles. The van der Waals surface area contributed by atoms with Crippen molar-refractivity contribution < 1.29 is 9.53 Å². The van der Waals surface area contributed by atoms with Crippen molar-refractivity contribution in [2.45, 2.75) is 19.9 Å². The monoisotopic (exact) mass is 225 g/mol. The number of nitrogens with zero attached hydrogens (tertiary/aromatic N) is 2. The zero-order valence-electron chi connectivity index (χ0n) is 9.44. The molecule has 88 valence electrons. The number of hydrogen-bond acceptors (Lipinski definition) is 7. The molecule has 0 aromatic carbocycles. The van der Waals surface area contributed by atoms with Crippen LogP contribution in [0.25, 0.3) is 0 Å². The maximum Gasteiger partial charge on any atom is 0.328 e. The fourth-order valence-corrected chi connectivity index (χ4v) is 1.10. The van der Waals surface area contributed by atoms with Gasteiger partial charge in [0.25, 0.3) is 0 Å². The molecule has 7 nitrogen and oxygen atoms in total. The summed E-state index contributed by atoms with van der Waals surface area (Å²) in [6.45, 7) is 3.51. The largest absolute Gasteiger partial charge is 0.467 e. The Kier molecular flexibility index (Phi) is 4.01. The summed E-state index contributed by atoms with van der Waals surface area (Å²) in [5.74, 6) is 5.66. The highest BCUT2D eigenvalue weighted by Crippen LogP contribution is 2.13. The van der Waals surface area contributed by atoms with Crippen molar-refractivity contribution in [3.8, 4) is 0 Å². The molecule has 1 unspecified atom stereocenters. The molecule has 0 amide bonds. The van der Waals surface area contributed by atoms with Crippen molar-refractivity contribution in [2.24, 2.45) is 5.84 Å². The third-order valence-corrected chi connectivity index (χ3v) is 2.01. The number of carbonyl (C=O) groups is 1. The lowest BCUT2D eigenvalue weighted by atomic mass is 10.3. The fourth-order valence-electron chi connectivity index (χ4n) is 1.10. The Bertz CT molecular complexity index is 382. The van der Waals surface area contributed by atoms with Gasteiger partial charge in [-0.2, -0.15) is 4.98 Å². The molecule has 1 rings (SSSR count). The smallest absolute Gasteiger partial charge is 0.328 e. The number of ether oxygens (including phenoxy) is 1. The molecule has 0 bridgehead atoms. The van der Waals surface area contributed by atoms with Crippen LogP contribution in [0.1, 0.15) is 12.5 Å². The van der Waals surface area contributed by atoms with Gasteiger partial charge in [-0.15, -0.1) is 0 Å². The number of methoxy groups -OCH3 is 1. The number of aromatic nitrogens is 2. The lowest BCUT2D eigenvalue weighted by Gasteiger charge is -2.14. The van der Waals surface area contributed by atoms with Gasteiger partial charge in [0, 0.05) is 11.8 Å². The molecule has 16 heavy (non-hydrogen) atoms. The van der Waals surface area contributed by atoms with Gasteiger partial charge >= 0.3 is 5.97 Å². The minimum Gasteiger partial charge on any atom is -0.467 e. The predicted molar refractivity (Wildman–Crippen MR) is 59.7 cm³/mol. The van der Waals surface area contributed by atoms with Crippen LogP contribution >= 0.6 is 0 Å². The number of hydrazine groups is 1. The van der Waals surface area contributed by atoms with Crippen LogP contribution in [0, 0.1) is 6.92 Å². The first-order chi connectivity index (χ1) is 7.58. The average Bonchev–Trinajstić information content (AvgIpc) is 2.30. The number of nitrogens with two attached hydrogens (primary N) is 1. The van der Waals surface area contributed by atoms with E-state index in [1.165, 1.54) is 7.11 Å². The summed E-state index contributed by atoms with van der Waals surface area (Å²) in [6, 6.07) is -0.482. The molecule has 1 heterocycles. The summed E-state index contributed by atoms with van der Waals surface area (Å²) < 4.78 is 4.60. The van der Waals surface area contributed by atoms with Gasteiger partial charge in [-0.1, -0.05) is 0 Å². The van der Waals surface area contributed by atoms with E-state index < -0.39 is 6.04 Å². The summed E-state index contributed by atoms with van der Waals surface area (Å²) in [5.41, 5.74) is 3.15. The van der Waals surface area contributed by atoms with E-state index in [1.807, 2.05) is 6.92 Å². The number of aryl methyl sites for hydroxylation is 1. The lowest BCUT2D eigenvalue weighted by Crippen LogP contribution is -2.28. The molecule has 0 radical (unpaired) electrons. The average molecular weight is 225 g/mol. The molecular weight excluding hydrogens is 210 g/mol. The number of rotatable bonds is 4. The van der Waals surface area contributed by atoms with Crippen molar-refractivity contribution >= 4 is 17.7 Å². The minimum absolute atomic E-state index is 0.283. The van der Waals surface area contributed by atoms with Crippen LogP contribution in [0.3, 0.4) is 0 Å². The van der Waals surface area contributed by atoms with Crippen molar-refractivity contribution in [2.75, 3.05) is 17.9 Å². The molecule has 0 spiro atoms. The minimum atomic E-state index is -0.482. The van der Waals surface area contributed by atoms with Crippen LogP contribution in [0.15, 0.2) is 6.20 Å². The quantitative estimate of drug-likeness (QED) is 0.378. The molecule has 1 aromatic heterocycles. The van der Waals surface area contributed by atoms with E-state index in [2.05, 4.69) is 25.4 Å². The second-order valence-corrected chi connectivity index (χ2v) is 3.26. The Morgan fingerprint density at radius 3 is 2.88 bits per heavy atom. The van der Waals surface area contributed by atoms with E-state index in [-0.39, 0.29) is 11.9 Å². The SMILES string of the molecule is COC(=O)C(C)Nc1nc(NN)ncc1C. The molecule has 1 atom stereocenters. The Morgan fingerprint density at radius 2 is 2.31 bits per heavy atom. The van der Waals surface area contributed by atoms with Crippen molar-refractivity contribution in [1.82, 2.24) is 9.97 Å². The van der Waals surface area contributed by atoms with Crippen LogP contribution in [0.2, 0.25) is 0 Å². The first-order valence-electron chi connectivity index (χ1n) is 4.73. The highest BCUT2D eigenvalue weighted by Gasteiger charge is 2.14. The molecule has 0 aliphatic heterocycles. The zero-order chi connectivity index (χ0) is 12.1. The first-order valence-corrected chi connectivity index (χ1v) is 4.73. The topological polar surface area (TPSA) is 102 Å². The van der Waals surface area contributed by atoms with Crippen molar-refractivity contribution in [1.29, 1.82) is 0 Å². The summed E-state index contributed by atoms with van der Waals surface area (Å²) in [6.07, 6.45) is 1.61. The van der Waals surface area contributed by atoms with Crippen LogP contribution in [-0.2, 0) is 9.53 Å². The number of anilines is 2. The van der Waals surface area contributed by atoms with E-state index in [0.29, 0.717) is 5.82 Å². The van der Waals surface area contributed by atoms with E-state index in [4.69, 9.17) is 5.84 Å². The molecule has 0 aliphatic carbocycles. The predicted octanol–water partition coefficient (Wildman–Crippen LogP) is 0.0440. The van der Waals surface area contributed by atoms with Gasteiger partial charge in [0.2, 0.25) is 5.95 Å². The van der Waals surface area contributed by atoms with Crippen LogP contribution in [0.5, 0.6) is 0 Å². The van der Waals surface area contributed by atoms with Gasteiger partial charge in [0.05, 0.1) is 7.11 Å². The molecule has 4 N–H and O–H groups in total. The third-order valence-electron chi connectivity index (χ3n) is 2.01. The molecule has 0 fully saturated rings. The van der Waals surface area contributed by atoms with E-state index in [0.717, 1.165) is 5.56 Å². The fraction of sp³-hybridized carbons (Fsp3) is 0.444. The normalized spacial score (nSPS) is 11.8. The highest BCUT2D eigenvalue weighted by molar-refractivity contribution is 5.78. The Hall–Kier alpha value is -1.89. The lowest BCUT2D eigenvalue weighted by molar-refractivity contribution is -0.141. The van der Waals surface area contributed by atoms with Gasteiger partial charge in [0.15, 0.2) is 0 Å². The number of nitrogens with one attached hydrogen (secondary N) is 2. The first kappa shape index (κ1) is 12.2. The molecule has 7 heteroatoms. The summed E-state index contributed by atoms with van der Waals surface area (Å²) >= 11 is 0. The van der Waals surface area contributed by atoms with Crippen LogP contribution < -0.4 is 16.6 Å².